The SMILES string of the molecule is CN(Cc1ccc(C(F)(F)F)c(F)c1)[C@H]1CN(C(=O)CN2CCC(C#N)CC2)C[C@@H]1c1ccc(Cl)c(Cl)c1. The quantitative estimate of drug-likeness (QED) is 0.411. The lowest BCUT2D eigenvalue weighted by Gasteiger charge is -2.30. The van der Waals surface area contributed by atoms with Crippen LogP contribution in [-0.2, 0) is 17.5 Å². The van der Waals surface area contributed by atoms with Crippen LogP contribution in [0.5, 0.6) is 0 Å². The summed E-state index contributed by atoms with van der Waals surface area (Å²) in [5.74, 6) is -1.45. The number of hydrogen-bond acceptors (Lipinski definition) is 4. The lowest BCUT2D eigenvalue weighted by atomic mass is 9.93. The molecule has 5 nitrogen and oxygen atoms in total. The van der Waals surface area contributed by atoms with Crippen LogP contribution in [0.4, 0.5) is 17.6 Å². The van der Waals surface area contributed by atoms with Crippen LogP contribution in [0.3, 0.4) is 0 Å². The summed E-state index contributed by atoms with van der Waals surface area (Å²) in [7, 11) is 1.81. The summed E-state index contributed by atoms with van der Waals surface area (Å²) in [6.07, 6.45) is -3.28. The molecule has 0 unspecified atom stereocenters. The molecule has 4 rings (SSSR count). The van der Waals surface area contributed by atoms with Gasteiger partial charge in [-0.2, -0.15) is 18.4 Å². The second-order valence-electron chi connectivity index (χ2n) is 10.1. The van der Waals surface area contributed by atoms with Gasteiger partial charge in [-0.15, -0.1) is 0 Å². The summed E-state index contributed by atoms with van der Waals surface area (Å²) in [6.45, 7) is 2.67. The number of carbonyl (C=O) groups excluding carboxylic acids is 1. The zero-order valence-electron chi connectivity index (χ0n) is 20.8. The second-order valence-corrected chi connectivity index (χ2v) is 10.9. The van der Waals surface area contributed by atoms with Gasteiger partial charge in [-0.05, 0) is 68.4 Å². The normalized spacial score (nSPS) is 21.2. The summed E-state index contributed by atoms with van der Waals surface area (Å²) in [5, 5.41) is 9.92. The Morgan fingerprint density at radius 3 is 2.42 bits per heavy atom. The highest BCUT2D eigenvalue weighted by atomic mass is 35.5. The molecule has 2 aromatic rings. The minimum Gasteiger partial charge on any atom is -0.339 e. The van der Waals surface area contributed by atoms with Crippen molar-refractivity contribution in [3.8, 4) is 6.07 Å². The van der Waals surface area contributed by atoms with Gasteiger partial charge in [-0.1, -0.05) is 35.3 Å². The number of likely N-dealkylation sites (tertiary alicyclic amines) is 2. The Labute approximate surface area is 229 Å². The van der Waals surface area contributed by atoms with Crippen LogP contribution in [0.1, 0.15) is 35.4 Å². The molecule has 2 aliphatic rings. The molecule has 2 saturated heterocycles. The second kappa shape index (κ2) is 11.8. The third-order valence-electron chi connectivity index (χ3n) is 7.48. The number of halogens is 6. The third-order valence-corrected chi connectivity index (χ3v) is 8.22. The number of benzene rings is 2. The van der Waals surface area contributed by atoms with Gasteiger partial charge in [0.05, 0.1) is 28.2 Å². The van der Waals surface area contributed by atoms with Gasteiger partial charge in [-0.25, -0.2) is 4.39 Å². The fourth-order valence-corrected chi connectivity index (χ4v) is 5.62. The first-order valence-corrected chi connectivity index (χ1v) is 13.1. The van der Waals surface area contributed by atoms with Crippen LogP contribution in [0, 0.1) is 23.1 Å². The Bertz CT molecular complexity index is 1210. The first-order valence-electron chi connectivity index (χ1n) is 12.4. The maximum absolute atomic E-state index is 14.2. The van der Waals surface area contributed by atoms with Crippen LogP contribution in [0.15, 0.2) is 36.4 Å². The standard InChI is InChI=1S/C27H28Cl2F4N4O/c1-35(13-18-2-4-21(24(30)10-18)27(31,32)33)25-15-37(14-20(25)19-3-5-22(28)23(29)11-19)26(38)16-36-8-6-17(12-34)7-9-36/h2-5,10-11,17,20,25H,6-9,13-16H2,1H3/t20-,25+/m1/s1. The van der Waals surface area contributed by atoms with Crippen LogP contribution < -0.4 is 0 Å². The molecule has 2 atom stereocenters. The van der Waals surface area contributed by atoms with Crippen molar-refractivity contribution >= 4 is 29.1 Å². The Hall–Kier alpha value is -2.38. The molecule has 2 heterocycles. The number of piperidine rings is 1. The Balaban J connectivity index is 1.51. The van der Waals surface area contributed by atoms with Gasteiger partial charge in [0.1, 0.15) is 5.82 Å². The zero-order chi connectivity index (χ0) is 27.6. The van der Waals surface area contributed by atoms with Crippen molar-refractivity contribution in [2.24, 2.45) is 5.92 Å². The van der Waals surface area contributed by atoms with E-state index in [1.54, 1.807) is 17.0 Å². The Morgan fingerprint density at radius 1 is 1.11 bits per heavy atom. The fraction of sp³-hybridized carbons (Fsp3) is 0.481. The molecule has 0 spiro atoms. The lowest BCUT2D eigenvalue weighted by Crippen LogP contribution is -2.43. The average molecular weight is 571 g/mol. The molecule has 0 aliphatic carbocycles. The maximum atomic E-state index is 14.2. The number of alkyl halides is 3. The van der Waals surface area contributed by atoms with Crippen LogP contribution in [0.2, 0.25) is 10.0 Å². The Kier molecular flexibility index (Phi) is 8.88. The molecule has 204 valence electrons. The summed E-state index contributed by atoms with van der Waals surface area (Å²) in [6, 6.07) is 10.4. The van der Waals surface area contributed by atoms with Gasteiger partial charge in [0.15, 0.2) is 0 Å². The largest absolute Gasteiger partial charge is 0.419 e. The third kappa shape index (κ3) is 6.60. The molecule has 0 N–H and O–H groups in total. The molecule has 11 heteroatoms. The van der Waals surface area contributed by atoms with Gasteiger partial charge in [0.2, 0.25) is 5.91 Å². The number of rotatable bonds is 6. The van der Waals surface area contributed by atoms with Crippen molar-refractivity contribution in [1.29, 1.82) is 5.26 Å². The summed E-state index contributed by atoms with van der Waals surface area (Å²) < 4.78 is 53.2. The predicted molar refractivity (Wildman–Crippen MR) is 137 cm³/mol. The number of nitriles is 1. The zero-order valence-corrected chi connectivity index (χ0v) is 22.3. The minimum absolute atomic E-state index is 0.0260. The first kappa shape index (κ1) is 28.6. The van der Waals surface area contributed by atoms with Gasteiger partial charge in [0, 0.05) is 37.5 Å². The molecule has 2 aliphatic heterocycles. The van der Waals surface area contributed by atoms with Crippen molar-refractivity contribution in [3.63, 3.8) is 0 Å². The van der Waals surface area contributed by atoms with Crippen LogP contribution >= 0.6 is 23.2 Å². The van der Waals surface area contributed by atoms with Crippen molar-refractivity contribution in [2.45, 2.75) is 37.5 Å². The monoisotopic (exact) mass is 570 g/mol. The highest BCUT2D eigenvalue weighted by Gasteiger charge is 2.39. The van der Waals surface area contributed by atoms with E-state index < -0.39 is 17.6 Å². The number of hydrogen-bond donors (Lipinski definition) is 0. The smallest absolute Gasteiger partial charge is 0.339 e. The van der Waals surface area contributed by atoms with Gasteiger partial charge in [-0.3, -0.25) is 14.6 Å². The number of carbonyl (C=O) groups is 1. The Morgan fingerprint density at radius 2 is 1.82 bits per heavy atom. The average Bonchev–Trinajstić information content (AvgIpc) is 3.31. The van der Waals surface area contributed by atoms with E-state index in [4.69, 9.17) is 28.5 Å². The topological polar surface area (TPSA) is 50.6 Å². The summed E-state index contributed by atoms with van der Waals surface area (Å²) in [5.41, 5.74) is -0.00922. The number of nitrogens with zero attached hydrogens (tertiary/aromatic N) is 4. The van der Waals surface area contributed by atoms with Gasteiger partial charge < -0.3 is 4.90 Å². The van der Waals surface area contributed by atoms with Crippen molar-refractivity contribution in [1.82, 2.24) is 14.7 Å². The first-order chi connectivity index (χ1) is 18.0. The number of amides is 1. The highest BCUT2D eigenvalue weighted by Crippen LogP contribution is 2.36. The molecular weight excluding hydrogens is 543 g/mol. The molecular formula is C27H28Cl2F4N4O. The van der Waals surface area contributed by atoms with Crippen molar-refractivity contribution < 1.29 is 22.4 Å². The van der Waals surface area contributed by atoms with E-state index in [2.05, 4.69) is 11.0 Å². The molecule has 0 radical (unpaired) electrons. The predicted octanol–water partition coefficient (Wildman–Crippen LogP) is 5.81. The van der Waals surface area contributed by atoms with E-state index in [1.807, 2.05) is 18.0 Å². The molecule has 2 fully saturated rings. The van der Waals surface area contributed by atoms with Crippen LogP contribution in [-0.4, -0.2) is 66.4 Å². The molecule has 2 aromatic carbocycles. The van der Waals surface area contributed by atoms with Gasteiger partial charge in [0.25, 0.3) is 0 Å². The molecule has 1 amide bonds. The summed E-state index contributed by atoms with van der Waals surface area (Å²) in [4.78, 5) is 19.0. The van der Waals surface area contributed by atoms with E-state index in [0.29, 0.717) is 41.8 Å². The lowest BCUT2D eigenvalue weighted by molar-refractivity contribution is -0.140. The number of likely N-dealkylation sites (N-methyl/N-ethyl adjacent to an activating group) is 1. The molecule has 0 saturated carbocycles. The van der Waals surface area contributed by atoms with Crippen LogP contribution in [0.25, 0.3) is 0 Å². The van der Waals surface area contributed by atoms with E-state index in [1.165, 1.54) is 6.07 Å². The molecule has 38 heavy (non-hydrogen) atoms. The molecule has 0 bridgehead atoms. The van der Waals surface area contributed by atoms with Gasteiger partial charge >= 0.3 is 6.18 Å². The van der Waals surface area contributed by atoms with Crippen molar-refractivity contribution in [3.05, 3.63) is 69.0 Å². The highest BCUT2D eigenvalue weighted by molar-refractivity contribution is 6.42. The maximum Gasteiger partial charge on any atom is 0.419 e. The molecule has 0 aromatic heterocycles. The van der Waals surface area contributed by atoms with E-state index in [9.17, 15) is 22.4 Å². The van der Waals surface area contributed by atoms with E-state index >= 15 is 0 Å². The van der Waals surface area contributed by atoms with E-state index in [-0.39, 0.29) is 36.9 Å². The summed E-state index contributed by atoms with van der Waals surface area (Å²) >= 11 is 12.4. The van der Waals surface area contributed by atoms with E-state index in [0.717, 1.165) is 30.5 Å². The van der Waals surface area contributed by atoms with Crippen molar-refractivity contribution in [2.75, 3.05) is 39.8 Å². The fourth-order valence-electron chi connectivity index (χ4n) is 5.31. The minimum atomic E-state index is -4.76.